The molecule has 1 unspecified atom stereocenters. The van der Waals surface area contributed by atoms with E-state index in [9.17, 15) is 4.79 Å². The van der Waals surface area contributed by atoms with Crippen molar-refractivity contribution in [2.45, 2.75) is 46.5 Å². The predicted octanol–water partition coefficient (Wildman–Crippen LogP) is 3.55. The van der Waals surface area contributed by atoms with Gasteiger partial charge in [0.1, 0.15) is 0 Å². The van der Waals surface area contributed by atoms with Gasteiger partial charge in [-0.2, -0.15) is 0 Å². The zero-order valence-electron chi connectivity index (χ0n) is 11.9. The molecule has 18 heavy (non-hydrogen) atoms. The van der Waals surface area contributed by atoms with Crippen molar-refractivity contribution in [3.63, 3.8) is 0 Å². The van der Waals surface area contributed by atoms with E-state index in [1.165, 1.54) is 5.56 Å². The molecule has 0 fully saturated rings. The third-order valence-corrected chi connectivity index (χ3v) is 3.10. The van der Waals surface area contributed by atoms with Crippen LogP contribution in [0.2, 0.25) is 0 Å². The summed E-state index contributed by atoms with van der Waals surface area (Å²) in [5.74, 6) is 0.505. The van der Waals surface area contributed by atoms with Gasteiger partial charge in [-0.15, -0.1) is 0 Å². The number of rotatable bonds is 2. The molecule has 0 aromatic heterocycles. The minimum atomic E-state index is 0.228. The molecule has 3 nitrogen and oxygen atoms in total. The van der Waals surface area contributed by atoms with E-state index in [-0.39, 0.29) is 11.8 Å². The molecule has 1 aliphatic rings. The van der Waals surface area contributed by atoms with Crippen molar-refractivity contribution in [3.05, 3.63) is 23.8 Å². The molecule has 0 bridgehead atoms. The fraction of sp³-hybridized carbons (Fsp3) is 0.533. The van der Waals surface area contributed by atoms with Crippen molar-refractivity contribution in [3.8, 4) is 0 Å². The Kier molecular flexibility index (Phi) is 5.20. The maximum atomic E-state index is 11.9. The first-order valence-electron chi connectivity index (χ1n) is 6.83. The highest BCUT2D eigenvalue weighted by atomic mass is 16.2. The van der Waals surface area contributed by atoms with Gasteiger partial charge in [-0.1, -0.05) is 27.7 Å². The van der Waals surface area contributed by atoms with Gasteiger partial charge in [-0.25, -0.2) is 0 Å². The normalized spacial score (nSPS) is 17.9. The summed E-state index contributed by atoms with van der Waals surface area (Å²) >= 11 is 0. The van der Waals surface area contributed by atoms with E-state index < -0.39 is 0 Å². The Bertz CT molecular complexity index is 415. The number of hydrogen-bond acceptors (Lipinski definition) is 2. The van der Waals surface area contributed by atoms with Crippen LogP contribution < -0.4 is 10.6 Å². The molecule has 1 heterocycles. The van der Waals surface area contributed by atoms with Crippen LogP contribution >= 0.6 is 0 Å². The lowest BCUT2D eigenvalue weighted by Crippen LogP contribution is -2.36. The molecule has 1 aromatic rings. The number of carbonyl (C=O) groups is 1. The number of carbonyl (C=O) groups excluding carboxylic acids is 1. The number of amides is 1. The number of benzene rings is 1. The molecular formula is C15H24N2O. The molecule has 1 aromatic carbocycles. The maximum absolute atomic E-state index is 11.9. The molecule has 0 saturated heterocycles. The van der Waals surface area contributed by atoms with E-state index in [4.69, 9.17) is 5.73 Å². The molecule has 0 spiro atoms. The van der Waals surface area contributed by atoms with Gasteiger partial charge in [0.2, 0.25) is 5.91 Å². The van der Waals surface area contributed by atoms with Gasteiger partial charge in [0.15, 0.2) is 0 Å². The third kappa shape index (κ3) is 2.84. The summed E-state index contributed by atoms with van der Waals surface area (Å²) < 4.78 is 0. The zero-order chi connectivity index (χ0) is 13.7. The van der Waals surface area contributed by atoms with Crippen LogP contribution in [0.1, 0.15) is 52.0 Å². The lowest BCUT2D eigenvalue weighted by atomic mass is 9.90. The van der Waals surface area contributed by atoms with E-state index in [1.54, 1.807) is 0 Å². The Hall–Kier alpha value is -1.51. The Labute approximate surface area is 110 Å². The van der Waals surface area contributed by atoms with Crippen LogP contribution in [0.3, 0.4) is 0 Å². The molecule has 1 amide bonds. The number of hydrogen-bond donors (Lipinski definition) is 1. The monoisotopic (exact) mass is 248 g/mol. The number of anilines is 2. The first-order valence-corrected chi connectivity index (χ1v) is 6.83. The number of nitrogens with two attached hydrogens (primary N) is 1. The first kappa shape index (κ1) is 14.6. The van der Waals surface area contributed by atoms with Gasteiger partial charge in [0, 0.05) is 24.3 Å². The molecule has 1 aliphatic heterocycles. The van der Waals surface area contributed by atoms with Gasteiger partial charge in [-0.3, -0.25) is 4.79 Å². The lowest BCUT2D eigenvalue weighted by Gasteiger charge is -2.32. The second kappa shape index (κ2) is 6.43. The Morgan fingerprint density at radius 2 is 2.06 bits per heavy atom. The largest absolute Gasteiger partial charge is 0.399 e. The average Bonchev–Trinajstić information content (AvgIpc) is 2.37. The van der Waals surface area contributed by atoms with Crippen molar-refractivity contribution in [1.29, 1.82) is 0 Å². The second-order valence-corrected chi connectivity index (χ2v) is 4.47. The van der Waals surface area contributed by atoms with Crippen molar-refractivity contribution >= 4 is 17.3 Å². The highest BCUT2D eigenvalue weighted by Crippen LogP contribution is 2.36. The van der Waals surface area contributed by atoms with E-state index in [0.29, 0.717) is 6.42 Å². The van der Waals surface area contributed by atoms with Crippen molar-refractivity contribution < 1.29 is 4.79 Å². The van der Waals surface area contributed by atoms with E-state index >= 15 is 0 Å². The van der Waals surface area contributed by atoms with Crippen LogP contribution in [0.15, 0.2) is 18.2 Å². The number of nitrogens with zero attached hydrogens (tertiary/aromatic N) is 1. The molecular weight excluding hydrogens is 224 g/mol. The standard InChI is InChI=1S/C13H18N2O.C2H6/c1-3-6-15-12-5-4-10(14)8-11(12)9(2)7-13(15)16;1-2/h4-5,8-9H,3,6-7,14H2,1-2H3;1-2H3. The summed E-state index contributed by atoms with van der Waals surface area (Å²) in [5.41, 5.74) is 8.81. The first-order chi connectivity index (χ1) is 8.63. The number of nitrogen functional groups attached to an aromatic ring is 1. The highest BCUT2D eigenvalue weighted by Gasteiger charge is 2.28. The van der Waals surface area contributed by atoms with Crippen LogP contribution in [0.25, 0.3) is 0 Å². The van der Waals surface area contributed by atoms with Gasteiger partial charge >= 0.3 is 0 Å². The Balaban J connectivity index is 0.000000771. The zero-order valence-corrected chi connectivity index (χ0v) is 11.9. The fourth-order valence-electron chi connectivity index (χ4n) is 2.30. The van der Waals surface area contributed by atoms with Crippen molar-refractivity contribution in [1.82, 2.24) is 0 Å². The van der Waals surface area contributed by atoms with Crippen LogP contribution in [-0.2, 0) is 4.79 Å². The maximum Gasteiger partial charge on any atom is 0.227 e. The lowest BCUT2D eigenvalue weighted by molar-refractivity contribution is -0.119. The van der Waals surface area contributed by atoms with Crippen LogP contribution in [-0.4, -0.2) is 12.5 Å². The summed E-state index contributed by atoms with van der Waals surface area (Å²) in [6.45, 7) is 8.96. The molecule has 3 heteroatoms. The molecule has 0 radical (unpaired) electrons. The topological polar surface area (TPSA) is 46.3 Å². The molecule has 2 N–H and O–H groups in total. The summed E-state index contributed by atoms with van der Waals surface area (Å²) in [6.07, 6.45) is 1.57. The van der Waals surface area contributed by atoms with Gasteiger partial charge in [-0.05, 0) is 36.1 Å². The summed E-state index contributed by atoms with van der Waals surface area (Å²) in [5, 5.41) is 0. The van der Waals surface area contributed by atoms with E-state index in [2.05, 4.69) is 13.8 Å². The summed E-state index contributed by atoms with van der Waals surface area (Å²) in [6, 6.07) is 5.83. The van der Waals surface area contributed by atoms with Gasteiger partial charge in [0.05, 0.1) is 0 Å². The molecule has 0 aliphatic carbocycles. The average molecular weight is 248 g/mol. The van der Waals surface area contributed by atoms with Crippen LogP contribution in [0, 0.1) is 0 Å². The smallest absolute Gasteiger partial charge is 0.227 e. The van der Waals surface area contributed by atoms with Gasteiger partial charge < -0.3 is 10.6 Å². The summed E-state index contributed by atoms with van der Waals surface area (Å²) in [7, 11) is 0. The predicted molar refractivity (Wildman–Crippen MR) is 77.9 cm³/mol. The molecule has 0 saturated carbocycles. The van der Waals surface area contributed by atoms with Gasteiger partial charge in [0.25, 0.3) is 0 Å². The highest BCUT2D eigenvalue weighted by molar-refractivity contribution is 5.97. The van der Waals surface area contributed by atoms with Crippen molar-refractivity contribution in [2.24, 2.45) is 0 Å². The second-order valence-electron chi connectivity index (χ2n) is 4.47. The fourth-order valence-corrected chi connectivity index (χ4v) is 2.30. The van der Waals surface area contributed by atoms with E-state index in [1.807, 2.05) is 36.9 Å². The Morgan fingerprint density at radius 3 is 2.67 bits per heavy atom. The minimum Gasteiger partial charge on any atom is -0.399 e. The molecule has 100 valence electrons. The summed E-state index contributed by atoms with van der Waals surface area (Å²) in [4.78, 5) is 13.8. The number of fused-ring (bicyclic) bond motifs is 1. The molecule has 2 rings (SSSR count). The third-order valence-electron chi connectivity index (χ3n) is 3.10. The van der Waals surface area contributed by atoms with Crippen molar-refractivity contribution in [2.75, 3.05) is 17.2 Å². The molecule has 1 atom stereocenters. The quantitative estimate of drug-likeness (QED) is 0.814. The van der Waals surface area contributed by atoms with E-state index in [0.717, 1.165) is 24.3 Å². The Morgan fingerprint density at radius 1 is 1.39 bits per heavy atom. The minimum absolute atomic E-state index is 0.228. The van der Waals surface area contributed by atoms with Crippen LogP contribution in [0.5, 0.6) is 0 Å². The SMILES string of the molecule is CC.CCCN1C(=O)CC(C)c2cc(N)ccc21. The van der Waals surface area contributed by atoms with Crippen LogP contribution in [0.4, 0.5) is 11.4 Å².